The summed E-state index contributed by atoms with van der Waals surface area (Å²) in [6, 6.07) is 69.6. The second-order valence-electron chi connectivity index (χ2n) is 16.8. The lowest BCUT2D eigenvalue weighted by molar-refractivity contribution is 0.669. The summed E-state index contributed by atoms with van der Waals surface area (Å²) in [5.74, 6) is 0.788. The van der Waals surface area contributed by atoms with Gasteiger partial charge in [0.1, 0.15) is 16.9 Å². The second kappa shape index (κ2) is 12.1. The number of aromatic nitrogens is 4. The van der Waals surface area contributed by atoms with E-state index in [1.54, 1.807) is 0 Å². The number of fused-ring (bicyclic) bond motifs is 10. The first-order valence-electron chi connectivity index (χ1n) is 21.5. The number of furan rings is 1. The van der Waals surface area contributed by atoms with Gasteiger partial charge in [-0.1, -0.05) is 152 Å². The topological polar surface area (TPSA) is 48.3 Å². The number of hydrogen-bond acceptors (Lipinski definition) is 3. The molecule has 0 saturated heterocycles. The summed E-state index contributed by atoms with van der Waals surface area (Å²) in [6.45, 7) is 0. The molecule has 0 spiro atoms. The van der Waals surface area contributed by atoms with E-state index in [1.165, 1.54) is 49.1 Å². The zero-order chi connectivity index (χ0) is 40.9. The van der Waals surface area contributed by atoms with Crippen molar-refractivity contribution in [2.24, 2.45) is 0 Å². The second-order valence-corrected chi connectivity index (χ2v) is 16.8. The SMILES string of the molecule is c1ccc(-c2ccc(-c3ccc(-c4nc5c6ccccc6c6ccccc6c5nc4-n4c5ccc6oc7ccc8c9ccccc9n9c%10cccc4c%10c5c6c7c89)cc3)cc2)cc1. The molecule has 5 aromatic heterocycles. The third-order valence-corrected chi connectivity index (χ3v) is 13.6. The van der Waals surface area contributed by atoms with Crippen molar-refractivity contribution in [1.82, 2.24) is 18.9 Å². The van der Waals surface area contributed by atoms with Gasteiger partial charge in [0.15, 0.2) is 5.82 Å². The van der Waals surface area contributed by atoms with Crippen molar-refractivity contribution in [3.63, 3.8) is 0 Å². The van der Waals surface area contributed by atoms with E-state index in [2.05, 4.69) is 203 Å². The molecule has 15 aromatic rings. The van der Waals surface area contributed by atoms with E-state index < -0.39 is 0 Å². The van der Waals surface area contributed by atoms with Crippen LogP contribution in [0.5, 0.6) is 0 Å². The van der Waals surface area contributed by atoms with Crippen LogP contribution < -0.4 is 0 Å². The largest absolute Gasteiger partial charge is 0.456 e. The first-order valence-corrected chi connectivity index (χ1v) is 21.5. The smallest absolute Gasteiger partial charge is 0.165 e. The normalized spacial score (nSPS) is 12.4. The van der Waals surface area contributed by atoms with Gasteiger partial charge in [-0.25, -0.2) is 9.97 Å². The molecule has 5 nitrogen and oxygen atoms in total. The molecule has 0 aliphatic rings. The molecule has 0 fully saturated rings. The molecule has 63 heavy (non-hydrogen) atoms. The molecular weight excluding hydrogens is 769 g/mol. The third-order valence-electron chi connectivity index (χ3n) is 13.6. The van der Waals surface area contributed by atoms with Crippen molar-refractivity contribution in [2.75, 3.05) is 0 Å². The molecule has 0 atom stereocenters. The van der Waals surface area contributed by atoms with E-state index in [0.717, 1.165) is 93.9 Å². The minimum Gasteiger partial charge on any atom is -0.456 e. The van der Waals surface area contributed by atoms with Gasteiger partial charge in [-0.15, -0.1) is 0 Å². The summed E-state index contributed by atoms with van der Waals surface area (Å²) in [5.41, 5.74) is 15.7. The van der Waals surface area contributed by atoms with Crippen molar-refractivity contribution in [3.05, 3.63) is 194 Å². The summed E-state index contributed by atoms with van der Waals surface area (Å²) >= 11 is 0. The average molecular weight is 801 g/mol. The number of para-hydroxylation sites is 1. The quantitative estimate of drug-likeness (QED) is 0.167. The van der Waals surface area contributed by atoms with E-state index in [-0.39, 0.29) is 0 Å². The van der Waals surface area contributed by atoms with E-state index in [0.29, 0.717) is 0 Å². The Hall–Kier alpha value is -8.54. The molecule has 0 unspecified atom stereocenters. The molecule has 10 aromatic carbocycles. The van der Waals surface area contributed by atoms with E-state index in [4.69, 9.17) is 14.4 Å². The lowest BCUT2D eigenvalue weighted by atomic mass is 9.98. The van der Waals surface area contributed by atoms with Crippen molar-refractivity contribution >= 4 is 104 Å². The van der Waals surface area contributed by atoms with Crippen LogP contribution in [0.25, 0.3) is 143 Å². The molecule has 0 aliphatic carbocycles. The monoisotopic (exact) mass is 800 g/mol. The van der Waals surface area contributed by atoms with Crippen LogP contribution in [0.1, 0.15) is 0 Å². The van der Waals surface area contributed by atoms with E-state index in [9.17, 15) is 0 Å². The molecule has 0 aliphatic heterocycles. The Labute approximate surface area is 359 Å². The zero-order valence-corrected chi connectivity index (χ0v) is 33.7. The number of rotatable bonds is 4. The van der Waals surface area contributed by atoms with Crippen LogP contribution in [0.3, 0.4) is 0 Å². The maximum atomic E-state index is 6.72. The van der Waals surface area contributed by atoms with Gasteiger partial charge in [0.2, 0.25) is 0 Å². The first kappa shape index (κ1) is 33.2. The minimum atomic E-state index is 0.788. The molecule has 15 rings (SSSR count). The van der Waals surface area contributed by atoms with Gasteiger partial charge < -0.3 is 8.82 Å². The number of nitrogens with zero attached hydrogens (tertiary/aromatic N) is 4. The number of hydrogen-bond donors (Lipinski definition) is 0. The maximum absolute atomic E-state index is 6.72. The lowest BCUT2D eigenvalue weighted by Gasteiger charge is -2.16. The first-order chi connectivity index (χ1) is 31.3. The van der Waals surface area contributed by atoms with Gasteiger partial charge >= 0.3 is 0 Å². The van der Waals surface area contributed by atoms with Gasteiger partial charge in [0, 0.05) is 43.3 Å². The maximum Gasteiger partial charge on any atom is 0.165 e. The van der Waals surface area contributed by atoms with Crippen molar-refractivity contribution in [1.29, 1.82) is 0 Å². The fourth-order valence-corrected chi connectivity index (χ4v) is 10.9. The van der Waals surface area contributed by atoms with Gasteiger partial charge in [-0.3, -0.25) is 4.57 Å². The van der Waals surface area contributed by atoms with Crippen molar-refractivity contribution in [3.8, 4) is 39.3 Å². The third kappa shape index (κ3) is 4.35. The zero-order valence-electron chi connectivity index (χ0n) is 33.7. The summed E-state index contributed by atoms with van der Waals surface area (Å²) in [5, 5.41) is 11.6. The molecular formula is C58H32N4O. The molecule has 0 amide bonds. The van der Waals surface area contributed by atoms with Crippen LogP contribution in [0.4, 0.5) is 0 Å². The van der Waals surface area contributed by atoms with E-state index >= 15 is 0 Å². The van der Waals surface area contributed by atoms with E-state index in [1.807, 2.05) is 0 Å². The van der Waals surface area contributed by atoms with Crippen molar-refractivity contribution in [2.45, 2.75) is 0 Å². The fraction of sp³-hybridized carbons (Fsp3) is 0. The van der Waals surface area contributed by atoms with Crippen LogP contribution in [-0.4, -0.2) is 18.9 Å². The summed E-state index contributed by atoms with van der Waals surface area (Å²) in [4.78, 5) is 11.6. The van der Waals surface area contributed by atoms with Crippen LogP contribution in [0.2, 0.25) is 0 Å². The highest BCUT2D eigenvalue weighted by Crippen LogP contribution is 2.49. The van der Waals surface area contributed by atoms with Gasteiger partial charge in [-0.2, -0.15) is 0 Å². The van der Waals surface area contributed by atoms with Crippen LogP contribution in [0, 0.1) is 0 Å². The molecule has 5 heterocycles. The highest BCUT2D eigenvalue weighted by Gasteiger charge is 2.28. The minimum absolute atomic E-state index is 0.788. The predicted molar refractivity (Wildman–Crippen MR) is 261 cm³/mol. The molecule has 0 radical (unpaired) electrons. The Morgan fingerprint density at radius 1 is 0.317 bits per heavy atom. The summed E-state index contributed by atoms with van der Waals surface area (Å²) < 4.78 is 11.5. The highest BCUT2D eigenvalue weighted by atomic mass is 16.3. The molecule has 5 heteroatoms. The molecule has 0 bridgehead atoms. The van der Waals surface area contributed by atoms with Gasteiger partial charge in [-0.05, 0) is 75.5 Å². The van der Waals surface area contributed by atoms with Gasteiger partial charge in [0.05, 0.1) is 44.0 Å². The van der Waals surface area contributed by atoms with Crippen molar-refractivity contribution < 1.29 is 4.42 Å². The molecule has 290 valence electrons. The standard InChI is InChI=1S/C58H32N4O/c1-2-11-33(12-3-1)34-21-23-35(24-22-34)36-25-27-37(28-26-36)54-58(60-56-42-17-7-5-14-39(42)38-13-4-6-16-41(38)55(56)59-54)62-46-20-10-19-45-50(46)51-47(62)30-32-48-52(51)53-49(63-48)31-29-43-40-15-8-9-18-44(40)61(45)57(43)53/h1-32H. The Kier molecular flexibility index (Phi) is 6.36. The van der Waals surface area contributed by atoms with Crippen LogP contribution in [0.15, 0.2) is 199 Å². The molecule has 0 N–H and O–H groups in total. The average Bonchev–Trinajstić information content (AvgIpc) is 3.98. The van der Waals surface area contributed by atoms with Crippen LogP contribution >= 0.6 is 0 Å². The molecule has 0 saturated carbocycles. The highest BCUT2D eigenvalue weighted by molar-refractivity contribution is 6.37. The van der Waals surface area contributed by atoms with Crippen LogP contribution in [-0.2, 0) is 0 Å². The summed E-state index contributed by atoms with van der Waals surface area (Å²) in [7, 11) is 0. The Balaban J connectivity index is 1.05. The van der Waals surface area contributed by atoms with Gasteiger partial charge in [0.25, 0.3) is 0 Å². The predicted octanol–water partition coefficient (Wildman–Crippen LogP) is 15.4. The lowest BCUT2D eigenvalue weighted by Crippen LogP contribution is -2.04. The summed E-state index contributed by atoms with van der Waals surface area (Å²) in [6.07, 6.45) is 0. The Morgan fingerprint density at radius 3 is 1.56 bits per heavy atom. The fourth-order valence-electron chi connectivity index (χ4n) is 10.9. The Morgan fingerprint density at radius 2 is 0.841 bits per heavy atom. The number of benzene rings is 10. The Bertz CT molecular complexity index is 4350.